The van der Waals surface area contributed by atoms with Crippen LogP contribution in [0.15, 0.2) is 12.3 Å². The summed E-state index contributed by atoms with van der Waals surface area (Å²) in [6.07, 6.45) is 3.57. The second-order valence-corrected chi connectivity index (χ2v) is 4.74. The summed E-state index contributed by atoms with van der Waals surface area (Å²) < 4.78 is 0. The van der Waals surface area contributed by atoms with E-state index in [0.717, 1.165) is 29.9 Å². The number of aryl methyl sites for hydroxylation is 3. The van der Waals surface area contributed by atoms with Gasteiger partial charge >= 0.3 is 0 Å². The molecule has 1 amide bonds. The highest BCUT2D eigenvalue weighted by atomic mass is 16.2. The molecule has 0 unspecified atom stereocenters. The van der Waals surface area contributed by atoms with Crippen molar-refractivity contribution in [2.75, 3.05) is 11.4 Å². The number of hydrogen-bond donors (Lipinski definition) is 1. The lowest BCUT2D eigenvalue weighted by Crippen LogP contribution is -2.35. The van der Waals surface area contributed by atoms with Crippen molar-refractivity contribution in [3.63, 3.8) is 0 Å². The van der Waals surface area contributed by atoms with E-state index < -0.39 is 0 Å². The molecule has 0 atom stereocenters. The Hall–Kier alpha value is -2.24. The predicted octanol–water partition coefficient (Wildman–Crippen LogP) is 1.41. The number of anilines is 1. The molecule has 0 saturated carbocycles. The zero-order valence-corrected chi connectivity index (χ0v) is 11.0. The third-order valence-corrected chi connectivity index (χ3v) is 3.23. The van der Waals surface area contributed by atoms with Crippen LogP contribution in [0.3, 0.4) is 0 Å². The van der Waals surface area contributed by atoms with Gasteiger partial charge in [0.25, 0.3) is 5.91 Å². The number of amides is 1. The molecule has 98 valence electrons. The van der Waals surface area contributed by atoms with Gasteiger partial charge in [-0.05, 0) is 32.8 Å². The molecule has 6 nitrogen and oxygen atoms in total. The number of rotatable bonds is 1. The summed E-state index contributed by atoms with van der Waals surface area (Å²) in [5, 5.41) is 6.95. The molecule has 1 aliphatic heterocycles. The molecule has 0 aromatic carbocycles. The Labute approximate surface area is 110 Å². The zero-order chi connectivity index (χ0) is 13.4. The Balaban J connectivity index is 1.97. The van der Waals surface area contributed by atoms with Crippen LogP contribution in [-0.2, 0) is 6.42 Å². The highest BCUT2D eigenvalue weighted by Gasteiger charge is 2.26. The molecule has 0 fully saturated rings. The molecule has 2 aromatic rings. The first-order chi connectivity index (χ1) is 9.15. The van der Waals surface area contributed by atoms with Gasteiger partial charge < -0.3 is 4.90 Å². The van der Waals surface area contributed by atoms with Gasteiger partial charge in [0.2, 0.25) is 0 Å². The lowest BCUT2D eigenvalue weighted by Gasteiger charge is -2.26. The SMILES string of the molecule is Cc1cc(C(=O)N2CCCc3[nH]ncc32)nc(C)n1. The Morgan fingerprint density at radius 2 is 2.21 bits per heavy atom. The molecule has 0 saturated heterocycles. The fourth-order valence-electron chi connectivity index (χ4n) is 2.43. The number of aromatic nitrogens is 4. The standard InChI is InChI=1S/C13H15N5O/c1-8-6-11(16-9(2)15-8)13(19)18-5-3-4-10-12(18)7-14-17-10/h6-7H,3-5H2,1-2H3,(H,14,17). The summed E-state index contributed by atoms with van der Waals surface area (Å²) in [6.45, 7) is 4.36. The summed E-state index contributed by atoms with van der Waals surface area (Å²) in [5.41, 5.74) is 3.13. The Kier molecular flexibility index (Phi) is 2.77. The van der Waals surface area contributed by atoms with E-state index in [1.54, 1.807) is 24.1 Å². The van der Waals surface area contributed by atoms with E-state index in [1.807, 2.05) is 6.92 Å². The van der Waals surface area contributed by atoms with Crippen LogP contribution in [0.2, 0.25) is 0 Å². The van der Waals surface area contributed by atoms with Gasteiger partial charge in [0.15, 0.2) is 0 Å². The topological polar surface area (TPSA) is 74.8 Å². The molecular formula is C13H15N5O. The van der Waals surface area contributed by atoms with Gasteiger partial charge in [0.05, 0.1) is 17.6 Å². The van der Waals surface area contributed by atoms with E-state index in [-0.39, 0.29) is 5.91 Å². The normalized spacial score (nSPS) is 14.3. The maximum absolute atomic E-state index is 12.6. The smallest absolute Gasteiger partial charge is 0.277 e. The molecule has 1 aliphatic rings. The number of H-pyrrole nitrogens is 1. The summed E-state index contributed by atoms with van der Waals surface area (Å²) in [6, 6.07) is 1.73. The molecule has 0 radical (unpaired) electrons. The fraction of sp³-hybridized carbons (Fsp3) is 0.385. The number of nitrogens with one attached hydrogen (secondary N) is 1. The molecule has 3 heterocycles. The molecule has 1 N–H and O–H groups in total. The number of fused-ring (bicyclic) bond motifs is 1. The number of carbonyl (C=O) groups excluding carboxylic acids is 1. The molecular weight excluding hydrogens is 242 g/mol. The van der Waals surface area contributed by atoms with Crippen molar-refractivity contribution in [1.82, 2.24) is 20.2 Å². The van der Waals surface area contributed by atoms with E-state index >= 15 is 0 Å². The predicted molar refractivity (Wildman–Crippen MR) is 70.1 cm³/mol. The minimum Gasteiger partial charge on any atom is -0.304 e. The zero-order valence-electron chi connectivity index (χ0n) is 11.0. The number of aromatic amines is 1. The van der Waals surface area contributed by atoms with Crippen molar-refractivity contribution >= 4 is 11.6 Å². The first-order valence-corrected chi connectivity index (χ1v) is 6.31. The highest BCUT2D eigenvalue weighted by Crippen LogP contribution is 2.25. The lowest BCUT2D eigenvalue weighted by atomic mass is 10.1. The molecule has 2 aromatic heterocycles. The summed E-state index contributed by atoms with van der Waals surface area (Å²) in [7, 11) is 0. The van der Waals surface area contributed by atoms with Crippen LogP contribution < -0.4 is 4.90 Å². The Bertz CT molecular complexity index is 613. The fourth-order valence-corrected chi connectivity index (χ4v) is 2.43. The first kappa shape index (κ1) is 11.8. The minimum absolute atomic E-state index is 0.0871. The van der Waals surface area contributed by atoms with Gasteiger partial charge in [-0.1, -0.05) is 0 Å². The van der Waals surface area contributed by atoms with Gasteiger partial charge in [-0.25, -0.2) is 9.97 Å². The Morgan fingerprint density at radius 3 is 3.00 bits per heavy atom. The highest BCUT2D eigenvalue weighted by molar-refractivity contribution is 6.05. The Morgan fingerprint density at radius 1 is 1.37 bits per heavy atom. The molecule has 0 aliphatic carbocycles. The van der Waals surface area contributed by atoms with Gasteiger partial charge in [0, 0.05) is 12.2 Å². The van der Waals surface area contributed by atoms with Crippen LogP contribution in [0.4, 0.5) is 5.69 Å². The lowest BCUT2D eigenvalue weighted by molar-refractivity contribution is 0.0979. The van der Waals surface area contributed by atoms with E-state index in [9.17, 15) is 4.79 Å². The van der Waals surface area contributed by atoms with Crippen molar-refractivity contribution in [3.05, 3.63) is 35.2 Å². The van der Waals surface area contributed by atoms with Crippen molar-refractivity contribution < 1.29 is 4.79 Å². The number of hydrogen-bond acceptors (Lipinski definition) is 4. The van der Waals surface area contributed by atoms with Gasteiger partial charge in [-0.2, -0.15) is 5.10 Å². The minimum atomic E-state index is -0.0871. The first-order valence-electron chi connectivity index (χ1n) is 6.31. The maximum Gasteiger partial charge on any atom is 0.277 e. The van der Waals surface area contributed by atoms with E-state index in [1.165, 1.54) is 0 Å². The van der Waals surface area contributed by atoms with E-state index in [4.69, 9.17) is 0 Å². The van der Waals surface area contributed by atoms with Crippen LogP contribution in [0, 0.1) is 13.8 Å². The van der Waals surface area contributed by atoms with Crippen molar-refractivity contribution in [2.24, 2.45) is 0 Å². The van der Waals surface area contributed by atoms with Crippen LogP contribution in [0.25, 0.3) is 0 Å². The molecule has 3 rings (SSSR count). The third kappa shape index (κ3) is 2.09. The molecule has 6 heteroatoms. The van der Waals surface area contributed by atoms with Crippen LogP contribution in [-0.4, -0.2) is 32.6 Å². The molecule has 0 spiro atoms. The van der Waals surface area contributed by atoms with Crippen molar-refractivity contribution in [2.45, 2.75) is 26.7 Å². The monoisotopic (exact) mass is 257 g/mol. The van der Waals surface area contributed by atoms with Crippen molar-refractivity contribution in [3.8, 4) is 0 Å². The average Bonchev–Trinajstić information content (AvgIpc) is 2.84. The van der Waals surface area contributed by atoms with Gasteiger partial charge in [-0.15, -0.1) is 0 Å². The van der Waals surface area contributed by atoms with Gasteiger partial charge in [0.1, 0.15) is 11.5 Å². The second-order valence-electron chi connectivity index (χ2n) is 4.74. The van der Waals surface area contributed by atoms with E-state index in [0.29, 0.717) is 18.1 Å². The second kappa shape index (κ2) is 4.46. The number of nitrogens with zero attached hydrogens (tertiary/aromatic N) is 4. The van der Waals surface area contributed by atoms with Gasteiger partial charge in [-0.3, -0.25) is 9.89 Å². The quantitative estimate of drug-likeness (QED) is 0.838. The van der Waals surface area contributed by atoms with E-state index in [2.05, 4.69) is 20.2 Å². The maximum atomic E-state index is 12.6. The summed E-state index contributed by atoms with van der Waals surface area (Å²) in [5.74, 6) is 0.531. The van der Waals surface area contributed by atoms with Crippen LogP contribution >= 0.6 is 0 Å². The largest absolute Gasteiger partial charge is 0.304 e. The summed E-state index contributed by atoms with van der Waals surface area (Å²) >= 11 is 0. The molecule has 19 heavy (non-hydrogen) atoms. The summed E-state index contributed by atoms with van der Waals surface area (Å²) in [4.78, 5) is 22.7. The third-order valence-electron chi connectivity index (χ3n) is 3.23. The van der Waals surface area contributed by atoms with Crippen molar-refractivity contribution in [1.29, 1.82) is 0 Å². The molecule has 0 bridgehead atoms. The average molecular weight is 257 g/mol. The van der Waals surface area contributed by atoms with Crippen LogP contribution in [0.1, 0.15) is 34.1 Å². The number of carbonyl (C=O) groups is 1. The van der Waals surface area contributed by atoms with Crippen LogP contribution in [0.5, 0.6) is 0 Å².